The molecule has 0 aliphatic heterocycles. The summed E-state index contributed by atoms with van der Waals surface area (Å²) in [6.07, 6.45) is 1.17. The number of hydrogen-bond acceptors (Lipinski definition) is 3. The van der Waals surface area contributed by atoms with E-state index in [4.69, 9.17) is 11.0 Å². The van der Waals surface area contributed by atoms with Crippen molar-refractivity contribution >= 4 is 11.8 Å². The molecular weight excluding hydrogens is 216 g/mol. The maximum absolute atomic E-state index is 9.04. The first-order valence-electron chi connectivity index (χ1n) is 5.53. The van der Waals surface area contributed by atoms with Crippen LogP contribution in [0.1, 0.15) is 31.4 Å². The van der Waals surface area contributed by atoms with Gasteiger partial charge in [-0.25, -0.2) is 0 Å². The summed E-state index contributed by atoms with van der Waals surface area (Å²) in [4.78, 5) is 1.07. The first kappa shape index (κ1) is 13.1. The normalized spacial score (nSPS) is 10.4. The van der Waals surface area contributed by atoms with E-state index in [1.807, 2.05) is 18.2 Å². The lowest BCUT2D eigenvalue weighted by Gasteiger charge is -2.07. The van der Waals surface area contributed by atoms with E-state index < -0.39 is 0 Å². The van der Waals surface area contributed by atoms with E-state index in [9.17, 15) is 0 Å². The van der Waals surface area contributed by atoms with Crippen molar-refractivity contribution in [3.05, 3.63) is 29.3 Å². The summed E-state index contributed by atoms with van der Waals surface area (Å²) in [7, 11) is 0. The van der Waals surface area contributed by atoms with Crippen LogP contribution in [0.2, 0.25) is 0 Å². The van der Waals surface area contributed by atoms with E-state index in [-0.39, 0.29) is 0 Å². The molecular formula is C13H18N2S. The summed E-state index contributed by atoms with van der Waals surface area (Å²) in [5, 5.41) is 9.04. The van der Waals surface area contributed by atoms with E-state index in [2.05, 4.69) is 19.9 Å². The lowest BCUT2D eigenvalue weighted by molar-refractivity contribution is 0.632. The highest BCUT2D eigenvalue weighted by atomic mass is 32.2. The van der Waals surface area contributed by atoms with Crippen molar-refractivity contribution in [3.63, 3.8) is 0 Å². The van der Waals surface area contributed by atoms with Gasteiger partial charge in [0.15, 0.2) is 0 Å². The second-order valence-corrected chi connectivity index (χ2v) is 5.31. The van der Waals surface area contributed by atoms with Crippen LogP contribution >= 0.6 is 11.8 Å². The number of nitriles is 1. The molecule has 0 fully saturated rings. The molecule has 1 aromatic rings. The molecule has 0 aliphatic carbocycles. The van der Waals surface area contributed by atoms with Gasteiger partial charge in [0.1, 0.15) is 6.07 Å². The van der Waals surface area contributed by atoms with Crippen LogP contribution in [0.3, 0.4) is 0 Å². The Hall–Kier alpha value is -0.980. The molecule has 1 aromatic carbocycles. The predicted octanol–water partition coefficient (Wildman–Crippen LogP) is 3.16. The van der Waals surface area contributed by atoms with Gasteiger partial charge >= 0.3 is 0 Å². The molecule has 0 atom stereocenters. The summed E-state index contributed by atoms with van der Waals surface area (Å²) in [6, 6.07) is 8.12. The fourth-order valence-corrected chi connectivity index (χ4v) is 2.56. The topological polar surface area (TPSA) is 49.8 Å². The Bertz CT molecular complexity index is 380. The molecule has 1 rings (SSSR count). The van der Waals surface area contributed by atoms with Crippen molar-refractivity contribution < 1.29 is 0 Å². The maximum Gasteiger partial charge on any atom is 0.100 e. The highest BCUT2D eigenvalue weighted by molar-refractivity contribution is 7.99. The molecule has 0 radical (unpaired) electrons. The van der Waals surface area contributed by atoms with Crippen molar-refractivity contribution in [2.75, 3.05) is 5.75 Å². The molecule has 0 aromatic heterocycles. The minimum atomic E-state index is 0.492. The van der Waals surface area contributed by atoms with Crippen molar-refractivity contribution in [2.45, 2.75) is 31.7 Å². The van der Waals surface area contributed by atoms with Crippen LogP contribution in [0.25, 0.3) is 0 Å². The van der Waals surface area contributed by atoms with Crippen molar-refractivity contribution in [3.8, 4) is 6.07 Å². The van der Waals surface area contributed by atoms with Gasteiger partial charge in [0.2, 0.25) is 0 Å². The van der Waals surface area contributed by atoms with Crippen molar-refractivity contribution in [1.82, 2.24) is 0 Å². The van der Waals surface area contributed by atoms with E-state index in [1.165, 1.54) is 6.42 Å². The standard InChI is InChI=1S/C13H18N2S/c1-10(2)5-6-16-13-4-3-11(8-14)7-12(13)9-15/h3-4,7,10H,5-6,8,14H2,1-2H3. The van der Waals surface area contributed by atoms with E-state index in [0.29, 0.717) is 12.5 Å². The number of hydrogen-bond donors (Lipinski definition) is 1. The van der Waals surface area contributed by atoms with Gasteiger partial charge in [-0.05, 0) is 35.8 Å². The number of nitrogens with zero attached hydrogens (tertiary/aromatic N) is 1. The first-order valence-corrected chi connectivity index (χ1v) is 6.51. The van der Waals surface area contributed by atoms with Crippen LogP contribution in [0, 0.1) is 17.2 Å². The molecule has 0 saturated carbocycles. The number of benzene rings is 1. The third-order valence-electron chi connectivity index (χ3n) is 2.35. The molecule has 0 unspecified atom stereocenters. The van der Waals surface area contributed by atoms with Gasteiger partial charge in [-0.3, -0.25) is 0 Å². The van der Waals surface area contributed by atoms with Gasteiger partial charge < -0.3 is 5.73 Å². The molecule has 86 valence electrons. The van der Waals surface area contributed by atoms with Gasteiger partial charge in [0.25, 0.3) is 0 Å². The Kier molecular flexibility index (Phi) is 5.37. The fourth-order valence-electron chi connectivity index (χ4n) is 1.32. The molecule has 0 spiro atoms. The Morgan fingerprint density at radius 1 is 1.44 bits per heavy atom. The van der Waals surface area contributed by atoms with Crippen LogP contribution < -0.4 is 5.73 Å². The average molecular weight is 234 g/mol. The summed E-state index contributed by atoms with van der Waals surface area (Å²) in [6.45, 7) is 4.91. The third-order valence-corrected chi connectivity index (χ3v) is 3.46. The Morgan fingerprint density at radius 3 is 2.75 bits per heavy atom. The Balaban J connectivity index is 2.69. The number of thioether (sulfide) groups is 1. The Labute approximate surface area is 102 Å². The van der Waals surface area contributed by atoms with Crippen LogP contribution in [-0.2, 0) is 6.54 Å². The number of nitrogens with two attached hydrogens (primary N) is 1. The quantitative estimate of drug-likeness (QED) is 0.796. The monoisotopic (exact) mass is 234 g/mol. The number of rotatable bonds is 5. The first-order chi connectivity index (χ1) is 7.67. The van der Waals surface area contributed by atoms with Gasteiger partial charge in [0, 0.05) is 11.4 Å². The van der Waals surface area contributed by atoms with Gasteiger partial charge in [-0.15, -0.1) is 11.8 Å². The molecule has 2 N–H and O–H groups in total. The minimum Gasteiger partial charge on any atom is -0.326 e. The zero-order valence-electron chi connectivity index (χ0n) is 9.86. The van der Waals surface area contributed by atoms with E-state index >= 15 is 0 Å². The van der Waals surface area contributed by atoms with E-state index in [1.54, 1.807) is 11.8 Å². The van der Waals surface area contributed by atoms with Crippen LogP contribution in [0.5, 0.6) is 0 Å². The molecule has 2 nitrogen and oxygen atoms in total. The molecule has 0 bridgehead atoms. The largest absolute Gasteiger partial charge is 0.326 e. The highest BCUT2D eigenvalue weighted by Crippen LogP contribution is 2.25. The minimum absolute atomic E-state index is 0.492. The lowest BCUT2D eigenvalue weighted by atomic mass is 10.1. The average Bonchev–Trinajstić information content (AvgIpc) is 2.29. The Morgan fingerprint density at radius 2 is 2.19 bits per heavy atom. The van der Waals surface area contributed by atoms with Gasteiger partial charge in [-0.2, -0.15) is 5.26 Å². The summed E-state index contributed by atoms with van der Waals surface area (Å²) in [5.41, 5.74) is 7.31. The van der Waals surface area contributed by atoms with Crippen LogP contribution in [0.4, 0.5) is 0 Å². The SMILES string of the molecule is CC(C)CCSc1ccc(CN)cc1C#N. The smallest absolute Gasteiger partial charge is 0.100 e. The summed E-state index contributed by atoms with van der Waals surface area (Å²) < 4.78 is 0. The van der Waals surface area contributed by atoms with Crippen molar-refractivity contribution in [1.29, 1.82) is 5.26 Å². The summed E-state index contributed by atoms with van der Waals surface area (Å²) >= 11 is 1.76. The molecule has 3 heteroatoms. The molecule has 0 amide bonds. The van der Waals surface area contributed by atoms with Crippen LogP contribution in [0.15, 0.2) is 23.1 Å². The van der Waals surface area contributed by atoms with Gasteiger partial charge in [0.05, 0.1) is 5.56 Å². The maximum atomic E-state index is 9.04. The second kappa shape index (κ2) is 6.57. The highest BCUT2D eigenvalue weighted by Gasteiger charge is 2.04. The van der Waals surface area contributed by atoms with Gasteiger partial charge in [-0.1, -0.05) is 19.9 Å². The predicted molar refractivity (Wildman–Crippen MR) is 69.2 cm³/mol. The zero-order chi connectivity index (χ0) is 12.0. The molecule has 0 heterocycles. The second-order valence-electron chi connectivity index (χ2n) is 4.18. The van der Waals surface area contributed by atoms with Crippen LogP contribution in [-0.4, -0.2) is 5.75 Å². The summed E-state index contributed by atoms with van der Waals surface area (Å²) in [5.74, 6) is 1.77. The zero-order valence-corrected chi connectivity index (χ0v) is 10.7. The molecule has 0 saturated heterocycles. The molecule has 16 heavy (non-hydrogen) atoms. The fraction of sp³-hybridized carbons (Fsp3) is 0.462. The van der Waals surface area contributed by atoms with Crippen molar-refractivity contribution in [2.24, 2.45) is 11.7 Å². The lowest BCUT2D eigenvalue weighted by Crippen LogP contribution is -1.97. The van der Waals surface area contributed by atoms with E-state index in [0.717, 1.165) is 21.8 Å². The third kappa shape index (κ3) is 3.88. The molecule has 0 aliphatic rings.